The maximum absolute atomic E-state index is 11.3. The van der Waals surface area contributed by atoms with Crippen molar-refractivity contribution in [3.8, 4) is 0 Å². The normalized spacial score (nSPS) is 24.9. The van der Waals surface area contributed by atoms with Crippen molar-refractivity contribution >= 4 is 37.1 Å². The molecule has 2 unspecified atom stereocenters. The first kappa shape index (κ1) is 13.5. The molecule has 3 nitrogen and oxygen atoms in total. The van der Waals surface area contributed by atoms with E-state index in [4.69, 9.17) is 5.73 Å². The maximum Gasteiger partial charge on any atom is 0.150 e. The third-order valence-corrected chi connectivity index (χ3v) is 6.60. The van der Waals surface area contributed by atoms with E-state index in [1.807, 2.05) is 5.38 Å². The Hall–Kier alpha value is 0.0900. The van der Waals surface area contributed by atoms with Crippen LogP contribution in [0.5, 0.6) is 0 Å². The lowest BCUT2D eigenvalue weighted by Crippen LogP contribution is -2.26. The summed E-state index contributed by atoms with van der Waals surface area (Å²) < 4.78 is 23.8. The van der Waals surface area contributed by atoms with Crippen molar-refractivity contribution in [3.05, 3.63) is 20.8 Å². The van der Waals surface area contributed by atoms with Crippen LogP contribution in [0.2, 0.25) is 0 Å². The van der Waals surface area contributed by atoms with E-state index < -0.39 is 9.84 Å². The second-order valence-corrected chi connectivity index (χ2v) is 8.84. The predicted molar refractivity (Wildman–Crippen MR) is 75.1 cm³/mol. The van der Waals surface area contributed by atoms with Crippen LogP contribution in [0.1, 0.15) is 17.7 Å². The lowest BCUT2D eigenvalue weighted by molar-refractivity contribution is 0.470. The molecule has 0 bridgehead atoms. The van der Waals surface area contributed by atoms with Gasteiger partial charge in [-0.3, -0.25) is 0 Å². The highest BCUT2D eigenvalue weighted by atomic mass is 79.9. The SMILES string of the molecule is NC(Cc1cc(Br)cs1)CC1CCS(=O)(=O)C1. The zero-order chi connectivity index (χ0) is 12.5. The molecule has 2 N–H and O–H groups in total. The number of nitrogens with two attached hydrogens (primary N) is 1. The third-order valence-electron chi connectivity index (χ3n) is 3.05. The van der Waals surface area contributed by atoms with Crippen LogP contribution in [0.25, 0.3) is 0 Å². The summed E-state index contributed by atoms with van der Waals surface area (Å²) in [5, 5.41) is 2.04. The molecule has 1 aromatic heterocycles. The van der Waals surface area contributed by atoms with Gasteiger partial charge in [-0.15, -0.1) is 11.3 Å². The second-order valence-electron chi connectivity index (χ2n) is 4.70. The van der Waals surface area contributed by atoms with Crippen LogP contribution in [-0.2, 0) is 16.3 Å². The Morgan fingerprint density at radius 3 is 2.88 bits per heavy atom. The molecule has 1 aliphatic rings. The van der Waals surface area contributed by atoms with Crippen LogP contribution in [-0.4, -0.2) is 26.0 Å². The van der Waals surface area contributed by atoms with Crippen molar-refractivity contribution in [1.29, 1.82) is 0 Å². The Morgan fingerprint density at radius 1 is 1.59 bits per heavy atom. The van der Waals surface area contributed by atoms with Crippen molar-refractivity contribution in [2.75, 3.05) is 11.5 Å². The molecule has 0 aromatic carbocycles. The molecule has 0 spiro atoms. The van der Waals surface area contributed by atoms with E-state index in [1.165, 1.54) is 4.88 Å². The third kappa shape index (κ3) is 4.05. The number of rotatable bonds is 4. The summed E-state index contributed by atoms with van der Waals surface area (Å²) in [6.07, 6.45) is 2.44. The van der Waals surface area contributed by atoms with E-state index in [1.54, 1.807) is 11.3 Å². The van der Waals surface area contributed by atoms with Crippen LogP contribution in [0.3, 0.4) is 0 Å². The molecular weight excluding hydrogens is 322 g/mol. The van der Waals surface area contributed by atoms with Gasteiger partial charge in [-0.25, -0.2) is 8.42 Å². The van der Waals surface area contributed by atoms with Crippen molar-refractivity contribution in [2.45, 2.75) is 25.3 Å². The second kappa shape index (κ2) is 5.38. The van der Waals surface area contributed by atoms with E-state index in [9.17, 15) is 8.42 Å². The first-order chi connectivity index (χ1) is 7.94. The van der Waals surface area contributed by atoms with E-state index in [-0.39, 0.29) is 12.0 Å². The van der Waals surface area contributed by atoms with Gasteiger partial charge in [-0.2, -0.15) is 0 Å². The van der Waals surface area contributed by atoms with Crippen LogP contribution < -0.4 is 5.73 Å². The van der Waals surface area contributed by atoms with Crippen LogP contribution >= 0.6 is 27.3 Å². The summed E-state index contributed by atoms with van der Waals surface area (Å²) in [6.45, 7) is 0. The zero-order valence-electron chi connectivity index (χ0n) is 9.43. The molecule has 0 amide bonds. The predicted octanol–water partition coefficient (Wildman–Crippen LogP) is 2.21. The number of thiophene rings is 1. The molecular formula is C11H16BrNO2S2. The summed E-state index contributed by atoms with van der Waals surface area (Å²) >= 11 is 5.11. The summed E-state index contributed by atoms with van der Waals surface area (Å²) in [4.78, 5) is 1.25. The minimum atomic E-state index is -2.77. The van der Waals surface area contributed by atoms with Gasteiger partial charge in [0.1, 0.15) is 0 Å². The molecule has 0 radical (unpaired) electrons. The fourth-order valence-electron chi connectivity index (χ4n) is 2.29. The van der Waals surface area contributed by atoms with Crippen molar-refractivity contribution in [3.63, 3.8) is 0 Å². The van der Waals surface area contributed by atoms with Gasteiger partial charge >= 0.3 is 0 Å². The average Bonchev–Trinajstić information content (AvgIpc) is 2.73. The Bertz CT molecular complexity index is 483. The van der Waals surface area contributed by atoms with Crippen LogP contribution in [0.4, 0.5) is 0 Å². The highest BCUT2D eigenvalue weighted by Crippen LogP contribution is 2.25. The fraction of sp³-hybridized carbons (Fsp3) is 0.636. The first-order valence-electron chi connectivity index (χ1n) is 5.63. The molecule has 1 fully saturated rings. The topological polar surface area (TPSA) is 60.2 Å². The Kier molecular flexibility index (Phi) is 4.28. The molecule has 2 heterocycles. The van der Waals surface area contributed by atoms with E-state index in [2.05, 4.69) is 22.0 Å². The van der Waals surface area contributed by atoms with Gasteiger partial charge < -0.3 is 5.73 Å². The van der Waals surface area contributed by atoms with Crippen LogP contribution in [0.15, 0.2) is 15.9 Å². The Morgan fingerprint density at radius 2 is 2.35 bits per heavy atom. The molecule has 17 heavy (non-hydrogen) atoms. The van der Waals surface area contributed by atoms with Gasteiger partial charge in [-0.05, 0) is 47.2 Å². The van der Waals surface area contributed by atoms with E-state index in [0.717, 1.165) is 23.7 Å². The number of hydrogen-bond acceptors (Lipinski definition) is 4. The van der Waals surface area contributed by atoms with Gasteiger partial charge in [0.15, 0.2) is 9.84 Å². The number of hydrogen-bond donors (Lipinski definition) is 1. The summed E-state index contributed by atoms with van der Waals surface area (Å²) in [6, 6.07) is 2.15. The lowest BCUT2D eigenvalue weighted by atomic mass is 9.97. The molecule has 1 aromatic rings. The van der Waals surface area contributed by atoms with Crippen LogP contribution in [0, 0.1) is 5.92 Å². The van der Waals surface area contributed by atoms with Gasteiger partial charge in [0, 0.05) is 20.8 Å². The molecule has 6 heteroatoms. The largest absolute Gasteiger partial charge is 0.327 e. The van der Waals surface area contributed by atoms with Crippen molar-refractivity contribution in [1.82, 2.24) is 0 Å². The van der Waals surface area contributed by atoms with E-state index in [0.29, 0.717) is 11.5 Å². The monoisotopic (exact) mass is 337 g/mol. The number of halogens is 1. The standard InChI is InChI=1S/C11H16BrNO2S2/c12-9-4-11(16-6-9)5-10(13)3-8-1-2-17(14,15)7-8/h4,6,8,10H,1-3,5,7,13H2. The molecule has 2 atom stereocenters. The highest BCUT2D eigenvalue weighted by Gasteiger charge is 2.28. The van der Waals surface area contributed by atoms with Gasteiger partial charge in [0.25, 0.3) is 0 Å². The Labute approximate surface area is 114 Å². The maximum atomic E-state index is 11.3. The first-order valence-corrected chi connectivity index (χ1v) is 9.13. The lowest BCUT2D eigenvalue weighted by Gasteiger charge is -2.14. The summed E-state index contributed by atoms with van der Waals surface area (Å²) in [5.41, 5.74) is 6.08. The minimum Gasteiger partial charge on any atom is -0.327 e. The molecule has 1 saturated heterocycles. The molecule has 0 aliphatic carbocycles. The summed E-state index contributed by atoms with van der Waals surface area (Å²) in [5.74, 6) is 0.933. The number of sulfone groups is 1. The van der Waals surface area contributed by atoms with Gasteiger partial charge in [0.05, 0.1) is 11.5 Å². The average molecular weight is 338 g/mol. The molecule has 2 rings (SSSR count). The van der Waals surface area contributed by atoms with Gasteiger partial charge in [0.2, 0.25) is 0 Å². The smallest absolute Gasteiger partial charge is 0.150 e. The minimum absolute atomic E-state index is 0.0684. The molecule has 96 valence electrons. The molecule has 1 aliphatic heterocycles. The quantitative estimate of drug-likeness (QED) is 0.916. The zero-order valence-corrected chi connectivity index (χ0v) is 12.7. The van der Waals surface area contributed by atoms with Crippen molar-refractivity contribution < 1.29 is 8.42 Å². The van der Waals surface area contributed by atoms with Gasteiger partial charge in [-0.1, -0.05) is 0 Å². The highest BCUT2D eigenvalue weighted by molar-refractivity contribution is 9.10. The molecule has 0 saturated carbocycles. The van der Waals surface area contributed by atoms with E-state index >= 15 is 0 Å². The van der Waals surface area contributed by atoms with Crippen molar-refractivity contribution in [2.24, 2.45) is 11.7 Å². The Balaban J connectivity index is 1.84. The fourth-order valence-corrected chi connectivity index (χ4v) is 5.71. The summed E-state index contributed by atoms with van der Waals surface area (Å²) in [7, 11) is -2.77.